The van der Waals surface area contributed by atoms with Gasteiger partial charge in [-0.2, -0.15) is 0 Å². The van der Waals surface area contributed by atoms with Gasteiger partial charge in [-0.25, -0.2) is 9.78 Å². The van der Waals surface area contributed by atoms with E-state index in [1.807, 2.05) is 0 Å². The molecule has 1 atom stereocenters. The van der Waals surface area contributed by atoms with Gasteiger partial charge in [-0.3, -0.25) is 14.9 Å². The summed E-state index contributed by atoms with van der Waals surface area (Å²) >= 11 is 5.73. The van der Waals surface area contributed by atoms with E-state index in [4.69, 9.17) is 16.3 Å². The molecule has 142 valence electrons. The fourth-order valence-electron chi connectivity index (χ4n) is 2.15. The molecule has 2 rings (SSSR count). The summed E-state index contributed by atoms with van der Waals surface area (Å²) in [6, 6.07) is 6.89. The molecular weight excluding hydrogens is 376 g/mol. The zero-order chi connectivity index (χ0) is 20.1. The van der Waals surface area contributed by atoms with Crippen molar-refractivity contribution >= 4 is 40.7 Å². The first-order valence-corrected chi connectivity index (χ1v) is 8.16. The average Bonchev–Trinajstić information content (AvgIpc) is 2.62. The molecule has 1 amide bonds. The summed E-state index contributed by atoms with van der Waals surface area (Å²) in [4.78, 5) is 40.5. The molecule has 0 radical (unpaired) electrons. The molecule has 27 heavy (non-hydrogen) atoms. The summed E-state index contributed by atoms with van der Waals surface area (Å²) in [5, 5.41) is 13.9. The van der Waals surface area contributed by atoms with Crippen LogP contribution in [0.5, 0.6) is 0 Å². The summed E-state index contributed by atoms with van der Waals surface area (Å²) in [6.07, 6.45) is 0.213. The standard InChI is InChI=1S/C17H17ClN4O5/c1-10(16(23)20-15-7-4-11(18)9-19-15)27-17(24)13-8-12(22(25)26)5-6-14(13)21(2)3/h4-10H,1-3H3,(H,19,20,23)/t10-/m0/s1. The number of benzene rings is 1. The maximum Gasteiger partial charge on any atom is 0.341 e. The van der Waals surface area contributed by atoms with Gasteiger partial charge in [0.25, 0.3) is 11.6 Å². The molecule has 0 saturated carbocycles. The predicted molar refractivity (Wildman–Crippen MR) is 100 cm³/mol. The number of non-ortho nitro benzene ring substituents is 1. The summed E-state index contributed by atoms with van der Waals surface area (Å²) in [5.74, 6) is -1.21. The van der Waals surface area contributed by atoms with Gasteiger partial charge in [0.05, 0.1) is 21.2 Å². The Kier molecular flexibility index (Phi) is 6.30. The molecule has 0 fully saturated rings. The quantitative estimate of drug-likeness (QED) is 0.456. The van der Waals surface area contributed by atoms with E-state index in [0.29, 0.717) is 10.7 Å². The van der Waals surface area contributed by atoms with E-state index >= 15 is 0 Å². The van der Waals surface area contributed by atoms with Crippen LogP contribution in [-0.4, -0.2) is 42.0 Å². The normalized spacial score (nSPS) is 11.4. The zero-order valence-electron chi connectivity index (χ0n) is 14.8. The van der Waals surface area contributed by atoms with E-state index in [9.17, 15) is 19.7 Å². The first kappa shape index (κ1) is 20.1. The highest BCUT2D eigenvalue weighted by atomic mass is 35.5. The molecule has 0 spiro atoms. The summed E-state index contributed by atoms with van der Waals surface area (Å²) in [6.45, 7) is 1.38. The molecule has 1 N–H and O–H groups in total. The highest BCUT2D eigenvalue weighted by molar-refractivity contribution is 6.30. The van der Waals surface area contributed by atoms with Gasteiger partial charge in [0.2, 0.25) is 0 Å². The number of nitrogens with zero attached hydrogens (tertiary/aromatic N) is 3. The lowest BCUT2D eigenvalue weighted by molar-refractivity contribution is -0.384. The molecule has 0 bridgehead atoms. The van der Waals surface area contributed by atoms with Gasteiger partial charge in [0, 0.05) is 32.4 Å². The molecule has 1 aromatic heterocycles. The highest BCUT2D eigenvalue weighted by Crippen LogP contribution is 2.25. The number of nitro benzene ring substituents is 1. The van der Waals surface area contributed by atoms with Crippen molar-refractivity contribution in [1.82, 2.24) is 4.98 Å². The van der Waals surface area contributed by atoms with Gasteiger partial charge in [0.15, 0.2) is 6.10 Å². The number of aromatic nitrogens is 1. The number of carbonyl (C=O) groups excluding carboxylic acids is 2. The number of hydrogen-bond donors (Lipinski definition) is 1. The minimum Gasteiger partial charge on any atom is -0.449 e. The predicted octanol–water partition coefficient (Wildman–Crippen LogP) is 2.89. The van der Waals surface area contributed by atoms with Crippen molar-refractivity contribution in [1.29, 1.82) is 0 Å². The molecule has 0 aliphatic heterocycles. The number of esters is 1. The van der Waals surface area contributed by atoms with Crippen molar-refractivity contribution in [3.8, 4) is 0 Å². The zero-order valence-corrected chi connectivity index (χ0v) is 15.6. The molecule has 10 heteroatoms. The third-order valence-corrected chi connectivity index (χ3v) is 3.75. The fraction of sp³-hybridized carbons (Fsp3) is 0.235. The lowest BCUT2D eigenvalue weighted by Gasteiger charge is -2.18. The number of rotatable bonds is 6. The molecule has 0 aliphatic carbocycles. The minimum atomic E-state index is -1.15. The topological polar surface area (TPSA) is 115 Å². The second-order valence-electron chi connectivity index (χ2n) is 5.75. The monoisotopic (exact) mass is 392 g/mol. The van der Waals surface area contributed by atoms with Gasteiger partial charge < -0.3 is 15.0 Å². The van der Waals surface area contributed by atoms with Crippen LogP contribution in [0.15, 0.2) is 36.5 Å². The van der Waals surface area contributed by atoms with E-state index in [2.05, 4.69) is 10.3 Å². The number of hydrogen-bond acceptors (Lipinski definition) is 7. The van der Waals surface area contributed by atoms with Crippen LogP contribution in [0.2, 0.25) is 5.02 Å². The van der Waals surface area contributed by atoms with Crippen molar-refractivity contribution in [2.75, 3.05) is 24.3 Å². The number of pyridine rings is 1. The van der Waals surface area contributed by atoms with Crippen molar-refractivity contribution in [2.45, 2.75) is 13.0 Å². The maximum atomic E-state index is 12.5. The largest absolute Gasteiger partial charge is 0.449 e. The van der Waals surface area contributed by atoms with E-state index in [1.165, 1.54) is 31.3 Å². The Labute approximate surface area is 160 Å². The van der Waals surface area contributed by atoms with E-state index in [0.717, 1.165) is 6.07 Å². The van der Waals surface area contributed by atoms with Gasteiger partial charge in [0.1, 0.15) is 5.82 Å². The number of ether oxygens (including phenoxy) is 1. The summed E-state index contributed by atoms with van der Waals surface area (Å²) in [5.41, 5.74) is 0.158. The number of carbonyl (C=O) groups is 2. The molecular formula is C17H17ClN4O5. The number of amides is 1. The van der Waals surface area contributed by atoms with E-state index in [-0.39, 0.29) is 17.1 Å². The second-order valence-corrected chi connectivity index (χ2v) is 6.19. The fourth-order valence-corrected chi connectivity index (χ4v) is 2.26. The molecule has 1 heterocycles. The Morgan fingerprint density at radius 3 is 2.56 bits per heavy atom. The van der Waals surface area contributed by atoms with Crippen LogP contribution in [0.3, 0.4) is 0 Å². The smallest absolute Gasteiger partial charge is 0.341 e. The number of nitrogens with one attached hydrogen (secondary N) is 1. The van der Waals surface area contributed by atoms with Crippen molar-refractivity contribution in [2.24, 2.45) is 0 Å². The van der Waals surface area contributed by atoms with Crippen molar-refractivity contribution in [3.05, 3.63) is 57.2 Å². The van der Waals surface area contributed by atoms with Gasteiger partial charge in [-0.05, 0) is 25.1 Å². The Hall–Kier alpha value is -3.20. The molecule has 0 unspecified atom stereocenters. The van der Waals surface area contributed by atoms with Crippen LogP contribution < -0.4 is 10.2 Å². The molecule has 0 aliphatic rings. The van der Waals surface area contributed by atoms with Crippen LogP contribution >= 0.6 is 11.6 Å². The van der Waals surface area contributed by atoms with Crippen LogP contribution in [0.4, 0.5) is 17.2 Å². The SMILES string of the molecule is C[C@H](OC(=O)c1cc([N+](=O)[O-])ccc1N(C)C)C(=O)Nc1ccc(Cl)cn1. The van der Waals surface area contributed by atoms with Crippen LogP contribution in [0.1, 0.15) is 17.3 Å². The third-order valence-electron chi connectivity index (χ3n) is 3.52. The first-order chi connectivity index (χ1) is 12.7. The number of halogens is 1. The van der Waals surface area contributed by atoms with Crippen LogP contribution in [0, 0.1) is 10.1 Å². The second kappa shape index (κ2) is 8.45. The minimum absolute atomic E-state index is 0.0153. The summed E-state index contributed by atoms with van der Waals surface area (Å²) < 4.78 is 5.17. The number of nitro groups is 1. The van der Waals surface area contributed by atoms with E-state index in [1.54, 1.807) is 25.1 Å². The Morgan fingerprint density at radius 2 is 2.00 bits per heavy atom. The first-order valence-electron chi connectivity index (χ1n) is 7.78. The van der Waals surface area contributed by atoms with Gasteiger partial charge in [-0.1, -0.05) is 11.6 Å². The molecule has 1 aromatic carbocycles. The molecule has 2 aromatic rings. The third kappa shape index (κ3) is 5.14. The Balaban J connectivity index is 2.15. The van der Waals surface area contributed by atoms with Gasteiger partial charge in [-0.15, -0.1) is 0 Å². The molecule has 0 saturated heterocycles. The van der Waals surface area contributed by atoms with Crippen LogP contribution in [0.25, 0.3) is 0 Å². The summed E-state index contributed by atoms with van der Waals surface area (Å²) in [7, 11) is 3.36. The van der Waals surface area contributed by atoms with Gasteiger partial charge >= 0.3 is 5.97 Å². The number of anilines is 2. The molecule has 9 nitrogen and oxygen atoms in total. The highest BCUT2D eigenvalue weighted by Gasteiger charge is 2.24. The Bertz CT molecular complexity index is 870. The lowest BCUT2D eigenvalue weighted by atomic mass is 10.1. The van der Waals surface area contributed by atoms with Crippen molar-refractivity contribution < 1.29 is 19.2 Å². The average molecular weight is 393 g/mol. The van der Waals surface area contributed by atoms with E-state index < -0.39 is 22.9 Å². The van der Waals surface area contributed by atoms with Crippen LogP contribution in [-0.2, 0) is 9.53 Å². The Morgan fingerprint density at radius 1 is 1.30 bits per heavy atom. The maximum absolute atomic E-state index is 12.5. The lowest BCUT2D eigenvalue weighted by Crippen LogP contribution is -2.30. The van der Waals surface area contributed by atoms with Crippen molar-refractivity contribution in [3.63, 3.8) is 0 Å².